The molecule has 3 rings (SSSR count). The van der Waals surface area contributed by atoms with E-state index in [4.69, 9.17) is 0 Å². The Morgan fingerprint density at radius 3 is 2.91 bits per heavy atom. The summed E-state index contributed by atoms with van der Waals surface area (Å²) in [6.07, 6.45) is 2.89. The molecule has 1 fully saturated rings. The number of aliphatic hydroxyl groups excluding tert-OH is 1. The highest BCUT2D eigenvalue weighted by atomic mass is 32.1. The Morgan fingerprint density at radius 1 is 1.45 bits per heavy atom. The van der Waals surface area contributed by atoms with Crippen LogP contribution in [0.25, 0.3) is 10.8 Å². The van der Waals surface area contributed by atoms with Crippen LogP contribution in [-0.2, 0) is 0 Å². The molecule has 0 aliphatic carbocycles. The van der Waals surface area contributed by atoms with Crippen LogP contribution in [0, 0.1) is 12.8 Å². The van der Waals surface area contributed by atoms with E-state index in [0.717, 1.165) is 0 Å². The molecule has 3 heterocycles. The standard InChI is InChI=1S/C14H17N5O2S/c1-8-11(13(21)18-6-9-5-15-7-10(9)20)22-14(19-8)12-16-3-2-4-17-12/h2-4,9-10,15,20H,5-7H2,1H3,(H,18,21). The van der Waals surface area contributed by atoms with Crippen molar-refractivity contribution in [1.82, 2.24) is 25.6 Å². The number of aliphatic hydroxyl groups is 1. The van der Waals surface area contributed by atoms with Gasteiger partial charge in [-0.15, -0.1) is 11.3 Å². The molecule has 7 nitrogen and oxygen atoms in total. The topological polar surface area (TPSA) is 100 Å². The van der Waals surface area contributed by atoms with Crippen molar-refractivity contribution in [3.8, 4) is 10.8 Å². The number of carbonyl (C=O) groups is 1. The average Bonchev–Trinajstić information content (AvgIpc) is 3.12. The molecular formula is C14H17N5O2S. The highest BCUT2D eigenvalue weighted by molar-refractivity contribution is 7.17. The Hall–Kier alpha value is -1.90. The van der Waals surface area contributed by atoms with Crippen LogP contribution >= 0.6 is 11.3 Å². The summed E-state index contributed by atoms with van der Waals surface area (Å²) in [5, 5.41) is 16.3. The van der Waals surface area contributed by atoms with Crippen molar-refractivity contribution in [1.29, 1.82) is 0 Å². The van der Waals surface area contributed by atoms with Gasteiger partial charge in [0, 0.05) is 37.9 Å². The molecule has 116 valence electrons. The lowest BCUT2D eigenvalue weighted by molar-refractivity contribution is 0.0930. The number of β-amino-alcohol motifs (C(OH)–C–C–N with tert-alkyl or cyclic N) is 1. The highest BCUT2D eigenvalue weighted by Gasteiger charge is 2.26. The van der Waals surface area contributed by atoms with Gasteiger partial charge in [0.15, 0.2) is 10.8 Å². The molecule has 0 saturated carbocycles. The molecule has 2 atom stereocenters. The Balaban J connectivity index is 1.69. The van der Waals surface area contributed by atoms with Crippen LogP contribution in [0.15, 0.2) is 18.5 Å². The van der Waals surface area contributed by atoms with Crippen LogP contribution in [0.1, 0.15) is 15.4 Å². The van der Waals surface area contributed by atoms with Gasteiger partial charge in [0.05, 0.1) is 11.8 Å². The van der Waals surface area contributed by atoms with Crippen molar-refractivity contribution in [3.05, 3.63) is 29.0 Å². The predicted octanol–water partition coefficient (Wildman–Crippen LogP) is 0.219. The van der Waals surface area contributed by atoms with Crippen LogP contribution in [-0.4, -0.2) is 51.7 Å². The molecule has 0 spiro atoms. The monoisotopic (exact) mass is 319 g/mol. The fourth-order valence-corrected chi connectivity index (χ4v) is 3.27. The molecule has 1 aliphatic heterocycles. The van der Waals surface area contributed by atoms with Crippen molar-refractivity contribution in [2.75, 3.05) is 19.6 Å². The quantitative estimate of drug-likeness (QED) is 0.745. The molecule has 1 aliphatic rings. The summed E-state index contributed by atoms with van der Waals surface area (Å²) in [5.41, 5.74) is 0.662. The van der Waals surface area contributed by atoms with E-state index in [1.807, 2.05) is 0 Å². The van der Waals surface area contributed by atoms with E-state index in [9.17, 15) is 9.90 Å². The molecule has 8 heteroatoms. The Morgan fingerprint density at radius 2 is 2.23 bits per heavy atom. The van der Waals surface area contributed by atoms with Gasteiger partial charge in [-0.25, -0.2) is 15.0 Å². The molecule has 0 radical (unpaired) electrons. The molecule has 2 unspecified atom stereocenters. The van der Waals surface area contributed by atoms with Crippen molar-refractivity contribution >= 4 is 17.2 Å². The normalized spacial score (nSPS) is 21.0. The van der Waals surface area contributed by atoms with Crippen LogP contribution in [0.4, 0.5) is 0 Å². The number of hydrogen-bond donors (Lipinski definition) is 3. The lowest BCUT2D eigenvalue weighted by Crippen LogP contribution is -2.34. The second-order valence-corrected chi connectivity index (χ2v) is 6.20. The van der Waals surface area contributed by atoms with Crippen LogP contribution in [0.5, 0.6) is 0 Å². The number of nitrogens with zero attached hydrogens (tertiary/aromatic N) is 3. The molecule has 1 saturated heterocycles. The summed E-state index contributed by atoms with van der Waals surface area (Å²) < 4.78 is 0. The van der Waals surface area contributed by atoms with E-state index >= 15 is 0 Å². The fraction of sp³-hybridized carbons (Fsp3) is 0.429. The maximum absolute atomic E-state index is 12.3. The lowest BCUT2D eigenvalue weighted by atomic mass is 10.1. The van der Waals surface area contributed by atoms with Crippen LogP contribution < -0.4 is 10.6 Å². The lowest BCUT2D eigenvalue weighted by Gasteiger charge is -2.13. The van der Waals surface area contributed by atoms with Gasteiger partial charge in [0.2, 0.25) is 0 Å². The van der Waals surface area contributed by atoms with Gasteiger partial charge in [-0.1, -0.05) is 0 Å². The Kier molecular flexibility index (Phi) is 4.41. The largest absolute Gasteiger partial charge is 0.391 e. The third kappa shape index (κ3) is 3.13. The Labute approximate surface area is 131 Å². The molecule has 3 N–H and O–H groups in total. The molecule has 0 bridgehead atoms. The third-order valence-corrected chi connectivity index (χ3v) is 4.74. The minimum absolute atomic E-state index is 0.0501. The number of amides is 1. The molecular weight excluding hydrogens is 302 g/mol. The van der Waals surface area contributed by atoms with Gasteiger partial charge in [-0.2, -0.15) is 0 Å². The SMILES string of the molecule is Cc1nc(-c2ncccn2)sc1C(=O)NCC1CNCC1O. The summed E-state index contributed by atoms with van der Waals surface area (Å²) in [4.78, 5) is 25.5. The molecule has 1 amide bonds. The van der Waals surface area contributed by atoms with Gasteiger partial charge in [0.25, 0.3) is 5.91 Å². The van der Waals surface area contributed by atoms with Crippen molar-refractivity contribution in [2.45, 2.75) is 13.0 Å². The smallest absolute Gasteiger partial charge is 0.263 e. The van der Waals surface area contributed by atoms with Crippen molar-refractivity contribution < 1.29 is 9.90 Å². The van der Waals surface area contributed by atoms with Gasteiger partial charge in [-0.05, 0) is 13.0 Å². The van der Waals surface area contributed by atoms with Gasteiger partial charge >= 0.3 is 0 Å². The first kappa shape index (κ1) is 15.0. The molecule has 0 aromatic carbocycles. The van der Waals surface area contributed by atoms with Crippen LogP contribution in [0.2, 0.25) is 0 Å². The summed E-state index contributed by atoms with van der Waals surface area (Å²) >= 11 is 1.28. The highest BCUT2D eigenvalue weighted by Crippen LogP contribution is 2.25. The number of aromatic nitrogens is 3. The van der Waals surface area contributed by atoms with Gasteiger partial charge in [-0.3, -0.25) is 4.79 Å². The van der Waals surface area contributed by atoms with E-state index < -0.39 is 6.10 Å². The zero-order chi connectivity index (χ0) is 15.5. The number of nitrogens with one attached hydrogen (secondary N) is 2. The van der Waals surface area contributed by atoms with Crippen molar-refractivity contribution in [3.63, 3.8) is 0 Å². The second-order valence-electron chi connectivity index (χ2n) is 5.20. The zero-order valence-electron chi connectivity index (χ0n) is 12.1. The van der Waals surface area contributed by atoms with Crippen LogP contribution in [0.3, 0.4) is 0 Å². The number of aryl methyl sites for hydroxylation is 1. The first-order valence-corrected chi connectivity index (χ1v) is 7.88. The minimum Gasteiger partial charge on any atom is -0.391 e. The number of rotatable bonds is 4. The van der Waals surface area contributed by atoms with E-state index in [1.54, 1.807) is 25.4 Å². The van der Waals surface area contributed by atoms with E-state index in [2.05, 4.69) is 25.6 Å². The maximum Gasteiger partial charge on any atom is 0.263 e. The fourth-order valence-electron chi connectivity index (χ4n) is 2.34. The summed E-state index contributed by atoms with van der Waals surface area (Å²) in [6, 6.07) is 1.73. The number of hydrogen-bond acceptors (Lipinski definition) is 7. The predicted molar refractivity (Wildman–Crippen MR) is 82.6 cm³/mol. The first-order chi connectivity index (χ1) is 10.6. The third-order valence-electron chi connectivity index (χ3n) is 3.59. The van der Waals surface area contributed by atoms with Gasteiger partial charge < -0.3 is 15.7 Å². The Bertz CT molecular complexity index is 661. The van der Waals surface area contributed by atoms with E-state index in [-0.39, 0.29) is 11.8 Å². The summed E-state index contributed by atoms with van der Waals surface area (Å²) in [6.45, 7) is 3.53. The zero-order valence-corrected chi connectivity index (χ0v) is 12.9. The molecule has 22 heavy (non-hydrogen) atoms. The maximum atomic E-state index is 12.3. The second kappa shape index (κ2) is 6.47. The molecule has 2 aromatic heterocycles. The van der Waals surface area contributed by atoms with Gasteiger partial charge in [0.1, 0.15) is 4.88 Å². The summed E-state index contributed by atoms with van der Waals surface area (Å²) in [5.74, 6) is 0.399. The van der Waals surface area contributed by atoms with E-state index in [0.29, 0.717) is 41.0 Å². The molecule has 2 aromatic rings. The first-order valence-electron chi connectivity index (χ1n) is 7.07. The van der Waals surface area contributed by atoms with Crippen molar-refractivity contribution in [2.24, 2.45) is 5.92 Å². The number of carbonyl (C=O) groups excluding carboxylic acids is 1. The summed E-state index contributed by atoms with van der Waals surface area (Å²) in [7, 11) is 0. The number of thiazole rings is 1. The minimum atomic E-state index is -0.406. The van der Waals surface area contributed by atoms with E-state index in [1.165, 1.54) is 11.3 Å². The average molecular weight is 319 g/mol.